The molecule has 1 aliphatic rings. The van der Waals surface area contributed by atoms with Crippen molar-refractivity contribution in [2.24, 2.45) is 0 Å². The third-order valence-corrected chi connectivity index (χ3v) is 5.73. The number of thiophene rings is 1. The molecule has 2 heterocycles. The first-order valence-corrected chi connectivity index (χ1v) is 8.84. The van der Waals surface area contributed by atoms with Gasteiger partial charge in [-0.15, -0.1) is 11.3 Å². The zero-order chi connectivity index (χ0) is 13.9. The van der Waals surface area contributed by atoms with Crippen LogP contribution in [0.3, 0.4) is 0 Å². The third kappa shape index (κ3) is 4.59. The number of rotatable bonds is 4. The van der Waals surface area contributed by atoms with Gasteiger partial charge in [0, 0.05) is 28.8 Å². The highest BCUT2D eigenvalue weighted by molar-refractivity contribution is 7.91. The fourth-order valence-corrected chi connectivity index (χ4v) is 4.33. The van der Waals surface area contributed by atoms with Crippen LogP contribution in [0.5, 0.6) is 0 Å². The summed E-state index contributed by atoms with van der Waals surface area (Å²) >= 11 is 1.65. The number of sulfone groups is 1. The molecular weight excluding hydrogens is 284 g/mol. The van der Waals surface area contributed by atoms with E-state index in [4.69, 9.17) is 0 Å². The summed E-state index contributed by atoms with van der Waals surface area (Å²) in [7, 11) is -2.98. The van der Waals surface area contributed by atoms with Gasteiger partial charge in [-0.3, -0.25) is 4.79 Å². The third-order valence-electron chi connectivity index (χ3n) is 2.99. The van der Waals surface area contributed by atoms with E-state index in [1.54, 1.807) is 11.3 Å². The molecule has 5 nitrogen and oxygen atoms in total. The van der Waals surface area contributed by atoms with Crippen molar-refractivity contribution in [3.63, 3.8) is 0 Å². The smallest absolute Gasteiger partial charge is 0.221 e. The maximum Gasteiger partial charge on any atom is 0.221 e. The van der Waals surface area contributed by atoms with Gasteiger partial charge in [0.05, 0.1) is 18.1 Å². The highest BCUT2D eigenvalue weighted by Gasteiger charge is 2.25. The lowest BCUT2D eigenvalue weighted by Crippen LogP contribution is -2.47. The predicted octanol–water partition coefficient (Wildman–Crippen LogP) is 0.449. The van der Waals surface area contributed by atoms with Gasteiger partial charge < -0.3 is 10.6 Å². The lowest BCUT2D eigenvalue weighted by molar-refractivity contribution is -0.121. The van der Waals surface area contributed by atoms with Gasteiger partial charge in [0.1, 0.15) is 0 Å². The fraction of sp³-hybridized carbons (Fsp3) is 0.583. The minimum Gasteiger partial charge on any atom is -0.351 e. The quantitative estimate of drug-likeness (QED) is 0.847. The summed E-state index contributed by atoms with van der Waals surface area (Å²) in [4.78, 5) is 14.1. The second-order valence-corrected chi connectivity index (χ2v) is 8.36. The van der Waals surface area contributed by atoms with E-state index < -0.39 is 9.84 Å². The Balaban J connectivity index is 1.78. The van der Waals surface area contributed by atoms with Gasteiger partial charge in [0.2, 0.25) is 5.91 Å². The Hall–Kier alpha value is -0.920. The van der Waals surface area contributed by atoms with Gasteiger partial charge in [0.15, 0.2) is 9.84 Å². The molecule has 1 saturated heterocycles. The summed E-state index contributed by atoms with van der Waals surface area (Å²) in [5.41, 5.74) is 0. The van der Waals surface area contributed by atoms with Crippen molar-refractivity contribution in [2.45, 2.75) is 25.9 Å². The molecule has 1 amide bonds. The molecule has 7 heteroatoms. The normalized spacial score (nSPS) is 22.1. The standard InChI is InChI=1S/C12H18N2O3S2/c1-9-2-3-11(18-9)7-14-12(15)6-10-8-19(16,17)5-4-13-10/h2-3,10,13H,4-8H2,1H3,(H,14,15). The molecule has 106 valence electrons. The lowest BCUT2D eigenvalue weighted by atomic mass is 10.2. The van der Waals surface area contributed by atoms with Gasteiger partial charge in [-0.25, -0.2) is 8.42 Å². The highest BCUT2D eigenvalue weighted by atomic mass is 32.2. The SMILES string of the molecule is Cc1ccc(CNC(=O)CC2CS(=O)(=O)CCN2)s1. The Labute approximate surface area is 117 Å². The van der Waals surface area contributed by atoms with E-state index in [0.717, 1.165) is 4.88 Å². The van der Waals surface area contributed by atoms with Crippen molar-refractivity contribution >= 4 is 27.1 Å². The van der Waals surface area contributed by atoms with Crippen molar-refractivity contribution in [1.29, 1.82) is 0 Å². The van der Waals surface area contributed by atoms with Gasteiger partial charge in [-0.2, -0.15) is 0 Å². The molecule has 1 atom stereocenters. The Kier molecular flexibility index (Phi) is 4.59. The molecule has 1 fully saturated rings. The van der Waals surface area contributed by atoms with Gasteiger partial charge in [-0.05, 0) is 19.1 Å². The topological polar surface area (TPSA) is 75.3 Å². The van der Waals surface area contributed by atoms with Crippen LogP contribution in [-0.2, 0) is 21.2 Å². The van der Waals surface area contributed by atoms with Crippen LogP contribution in [0.1, 0.15) is 16.2 Å². The van der Waals surface area contributed by atoms with Crippen molar-refractivity contribution in [3.05, 3.63) is 21.9 Å². The number of amides is 1. The first-order valence-electron chi connectivity index (χ1n) is 6.20. The number of nitrogens with one attached hydrogen (secondary N) is 2. The minimum absolute atomic E-state index is 0.0541. The minimum atomic E-state index is -2.98. The number of carbonyl (C=O) groups excluding carboxylic acids is 1. The second-order valence-electron chi connectivity index (χ2n) is 4.76. The largest absolute Gasteiger partial charge is 0.351 e. The molecular formula is C12H18N2O3S2. The van der Waals surface area contributed by atoms with Crippen LogP contribution >= 0.6 is 11.3 Å². The van der Waals surface area contributed by atoms with E-state index in [0.29, 0.717) is 13.1 Å². The molecule has 0 aromatic carbocycles. The number of aryl methyl sites for hydroxylation is 1. The maximum atomic E-state index is 11.8. The lowest BCUT2D eigenvalue weighted by Gasteiger charge is -2.23. The summed E-state index contributed by atoms with van der Waals surface area (Å²) in [6.45, 7) is 2.97. The van der Waals surface area contributed by atoms with Crippen molar-refractivity contribution in [3.8, 4) is 0 Å². The summed E-state index contributed by atoms with van der Waals surface area (Å²) in [6.07, 6.45) is 0.212. The molecule has 0 bridgehead atoms. The summed E-state index contributed by atoms with van der Waals surface area (Å²) in [6, 6.07) is 3.74. The van der Waals surface area contributed by atoms with Crippen LogP contribution in [-0.4, -0.2) is 38.4 Å². The molecule has 0 saturated carbocycles. The van der Waals surface area contributed by atoms with Gasteiger partial charge in [0.25, 0.3) is 0 Å². The van der Waals surface area contributed by atoms with Crippen LogP contribution in [0.25, 0.3) is 0 Å². The zero-order valence-electron chi connectivity index (χ0n) is 10.8. The molecule has 2 N–H and O–H groups in total. The van der Waals surface area contributed by atoms with E-state index in [9.17, 15) is 13.2 Å². The predicted molar refractivity (Wildman–Crippen MR) is 76.0 cm³/mol. The Morgan fingerprint density at radius 2 is 2.32 bits per heavy atom. The van der Waals surface area contributed by atoms with Gasteiger partial charge in [-0.1, -0.05) is 0 Å². The van der Waals surface area contributed by atoms with E-state index in [2.05, 4.69) is 10.6 Å². The number of hydrogen-bond acceptors (Lipinski definition) is 5. The monoisotopic (exact) mass is 302 g/mol. The molecule has 0 aliphatic carbocycles. The van der Waals surface area contributed by atoms with Crippen LogP contribution in [0.15, 0.2) is 12.1 Å². The van der Waals surface area contributed by atoms with E-state index in [1.807, 2.05) is 19.1 Å². The first-order chi connectivity index (χ1) is 8.94. The average molecular weight is 302 g/mol. The Morgan fingerprint density at radius 1 is 1.53 bits per heavy atom. The molecule has 1 unspecified atom stereocenters. The maximum absolute atomic E-state index is 11.8. The van der Waals surface area contributed by atoms with E-state index in [1.165, 1.54) is 4.88 Å². The highest BCUT2D eigenvalue weighted by Crippen LogP contribution is 2.14. The average Bonchev–Trinajstić information content (AvgIpc) is 2.71. The number of carbonyl (C=O) groups is 1. The summed E-state index contributed by atoms with van der Waals surface area (Å²) < 4.78 is 22.9. The molecule has 0 spiro atoms. The molecule has 0 radical (unpaired) electrons. The molecule has 1 aliphatic heterocycles. The van der Waals surface area contributed by atoms with Crippen molar-refractivity contribution in [1.82, 2.24) is 10.6 Å². The van der Waals surface area contributed by atoms with Crippen molar-refractivity contribution < 1.29 is 13.2 Å². The van der Waals surface area contributed by atoms with Crippen LogP contribution in [0.2, 0.25) is 0 Å². The summed E-state index contributed by atoms with van der Waals surface area (Å²) in [5.74, 6) is 0.110. The zero-order valence-corrected chi connectivity index (χ0v) is 12.4. The van der Waals surface area contributed by atoms with Crippen LogP contribution in [0.4, 0.5) is 0 Å². The van der Waals surface area contributed by atoms with E-state index >= 15 is 0 Å². The van der Waals surface area contributed by atoms with Crippen LogP contribution in [0, 0.1) is 6.92 Å². The van der Waals surface area contributed by atoms with Crippen molar-refractivity contribution in [2.75, 3.05) is 18.1 Å². The second kappa shape index (κ2) is 6.02. The number of hydrogen-bond donors (Lipinski definition) is 2. The molecule has 19 heavy (non-hydrogen) atoms. The summed E-state index contributed by atoms with van der Waals surface area (Å²) in [5, 5.41) is 5.89. The van der Waals surface area contributed by atoms with Gasteiger partial charge >= 0.3 is 0 Å². The van der Waals surface area contributed by atoms with Crippen LogP contribution < -0.4 is 10.6 Å². The Morgan fingerprint density at radius 3 is 2.95 bits per heavy atom. The molecule has 2 rings (SSSR count). The van der Waals surface area contributed by atoms with E-state index in [-0.39, 0.29) is 29.9 Å². The Bertz CT molecular complexity index is 551. The first kappa shape index (κ1) is 14.5. The molecule has 1 aromatic heterocycles. The molecule has 1 aromatic rings. The fourth-order valence-electron chi connectivity index (χ4n) is 2.06.